The van der Waals surface area contributed by atoms with Crippen LogP contribution in [0.15, 0.2) is 64.4 Å². The molecular formula is C19H22O4S2. The van der Waals surface area contributed by atoms with Crippen LogP contribution in [0.4, 0.5) is 0 Å². The van der Waals surface area contributed by atoms with E-state index in [4.69, 9.17) is 4.18 Å². The van der Waals surface area contributed by atoms with Crippen molar-refractivity contribution in [3.8, 4) is 0 Å². The Kier molecular flexibility index (Phi) is 6.70. The Labute approximate surface area is 152 Å². The molecule has 2 atom stereocenters. The monoisotopic (exact) mass is 378 g/mol. The van der Waals surface area contributed by atoms with E-state index in [0.29, 0.717) is 16.2 Å². The standard InChI is InChI=1S/C19H22O4S2/c1-4-18(23-25(3,21)22)19(14-16-8-6-5-7-9-16)24(20)17-12-10-15(2)11-13-17/h5-14,18H,4H2,1-3H3/b19-14+/t18-,24-/m0/s1. The molecule has 134 valence electrons. The van der Waals surface area contributed by atoms with Crippen molar-refractivity contribution in [2.45, 2.75) is 31.3 Å². The molecule has 6 heteroatoms. The minimum Gasteiger partial charge on any atom is -0.261 e. The lowest BCUT2D eigenvalue weighted by molar-refractivity contribution is 0.250. The van der Waals surface area contributed by atoms with Crippen LogP contribution in [0.2, 0.25) is 0 Å². The van der Waals surface area contributed by atoms with Crippen molar-refractivity contribution in [2.24, 2.45) is 0 Å². The normalized spacial score (nSPS) is 14.9. The van der Waals surface area contributed by atoms with Gasteiger partial charge in [-0.1, -0.05) is 55.0 Å². The lowest BCUT2D eigenvalue weighted by Gasteiger charge is -2.18. The Morgan fingerprint density at radius 1 is 1.12 bits per heavy atom. The fraction of sp³-hybridized carbons (Fsp3) is 0.263. The molecular weight excluding hydrogens is 356 g/mol. The van der Waals surface area contributed by atoms with Gasteiger partial charge in [0.25, 0.3) is 10.1 Å². The summed E-state index contributed by atoms with van der Waals surface area (Å²) in [5, 5.41) is 0. The molecule has 0 fully saturated rings. The van der Waals surface area contributed by atoms with E-state index in [2.05, 4.69) is 0 Å². The van der Waals surface area contributed by atoms with E-state index in [0.717, 1.165) is 17.4 Å². The highest BCUT2D eigenvalue weighted by Crippen LogP contribution is 2.25. The number of rotatable bonds is 7. The Morgan fingerprint density at radius 3 is 2.24 bits per heavy atom. The van der Waals surface area contributed by atoms with Gasteiger partial charge in [-0.3, -0.25) is 4.18 Å². The zero-order chi connectivity index (χ0) is 18.4. The van der Waals surface area contributed by atoms with E-state index in [1.54, 1.807) is 25.1 Å². The van der Waals surface area contributed by atoms with Crippen molar-refractivity contribution in [2.75, 3.05) is 6.26 Å². The molecule has 0 amide bonds. The molecule has 0 saturated heterocycles. The van der Waals surface area contributed by atoms with E-state index >= 15 is 0 Å². The first kappa shape index (κ1) is 19.6. The van der Waals surface area contributed by atoms with Crippen molar-refractivity contribution in [3.05, 3.63) is 70.6 Å². The molecule has 2 rings (SSSR count). The highest BCUT2D eigenvalue weighted by molar-refractivity contribution is 7.89. The Balaban J connectivity index is 2.49. The van der Waals surface area contributed by atoms with E-state index < -0.39 is 27.0 Å². The second kappa shape index (κ2) is 8.56. The van der Waals surface area contributed by atoms with Gasteiger partial charge < -0.3 is 0 Å². The molecule has 0 aliphatic rings. The average molecular weight is 379 g/mol. The molecule has 0 unspecified atom stereocenters. The van der Waals surface area contributed by atoms with E-state index in [1.807, 2.05) is 49.4 Å². The van der Waals surface area contributed by atoms with Crippen LogP contribution in [-0.4, -0.2) is 25.0 Å². The van der Waals surface area contributed by atoms with Gasteiger partial charge >= 0.3 is 0 Å². The Morgan fingerprint density at radius 2 is 1.72 bits per heavy atom. The highest BCUT2D eigenvalue weighted by Gasteiger charge is 2.24. The van der Waals surface area contributed by atoms with Gasteiger partial charge in [0, 0.05) is 4.90 Å². The fourth-order valence-corrected chi connectivity index (χ4v) is 4.38. The van der Waals surface area contributed by atoms with Gasteiger partial charge in [0.1, 0.15) is 6.10 Å². The van der Waals surface area contributed by atoms with Crippen molar-refractivity contribution in [3.63, 3.8) is 0 Å². The molecule has 2 aromatic rings. The molecule has 0 saturated carbocycles. The number of aryl methyl sites for hydroxylation is 1. The number of hydrogen-bond donors (Lipinski definition) is 0. The van der Waals surface area contributed by atoms with Crippen LogP contribution in [0.1, 0.15) is 24.5 Å². The second-order valence-corrected chi connectivity index (χ2v) is 8.82. The van der Waals surface area contributed by atoms with Crippen LogP contribution in [-0.2, 0) is 25.1 Å². The minimum absolute atomic E-state index is 0.392. The van der Waals surface area contributed by atoms with Gasteiger partial charge in [0.15, 0.2) is 0 Å². The average Bonchev–Trinajstić information content (AvgIpc) is 2.58. The lowest BCUT2D eigenvalue weighted by Crippen LogP contribution is -2.21. The lowest BCUT2D eigenvalue weighted by atomic mass is 10.1. The van der Waals surface area contributed by atoms with Gasteiger partial charge in [-0.25, -0.2) is 4.21 Å². The van der Waals surface area contributed by atoms with Gasteiger partial charge in [0.05, 0.1) is 22.0 Å². The topological polar surface area (TPSA) is 60.4 Å². The Bertz CT molecular complexity index is 854. The van der Waals surface area contributed by atoms with Gasteiger partial charge in [-0.2, -0.15) is 8.42 Å². The van der Waals surface area contributed by atoms with Gasteiger partial charge in [-0.15, -0.1) is 0 Å². The van der Waals surface area contributed by atoms with E-state index in [9.17, 15) is 12.6 Å². The van der Waals surface area contributed by atoms with Crippen LogP contribution < -0.4 is 0 Å². The Hall–Kier alpha value is -1.76. The quantitative estimate of drug-likeness (QED) is 0.686. The van der Waals surface area contributed by atoms with Crippen molar-refractivity contribution in [1.29, 1.82) is 0 Å². The van der Waals surface area contributed by atoms with Crippen LogP contribution in [0, 0.1) is 6.92 Å². The largest absolute Gasteiger partial charge is 0.264 e. The number of benzene rings is 2. The molecule has 25 heavy (non-hydrogen) atoms. The summed E-state index contributed by atoms with van der Waals surface area (Å²) in [4.78, 5) is 1.05. The summed E-state index contributed by atoms with van der Waals surface area (Å²) >= 11 is 0. The van der Waals surface area contributed by atoms with E-state index in [1.165, 1.54) is 0 Å². The predicted molar refractivity (Wildman–Crippen MR) is 102 cm³/mol. The number of hydrogen-bond acceptors (Lipinski definition) is 4. The van der Waals surface area contributed by atoms with Gasteiger partial charge in [-0.05, 0) is 37.1 Å². The third-order valence-electron chi connectivity index (χ3n) is 3.54. The summed E-state index contributed by atoms with van der Waals surface area (Å²) in [6.07, 6.45) is 2.36. The highest BCUT2D eigenvalue weighted by atomic mass is 32.2. The molecule has 4 nitrogen and oxygen atoms in total. The summed E-state index contributed by atoms with van der Waals surface area (Å²) in [6.45, 7) is 3.76. The first-order valence-corrected chi connectivity index (χ1v) is 10.9. The summed E-state index contributed by atoms with van der Waals surface area (Å²) in [5.41, 5.74) is 1.90. The fourth-order valence-electron chi connectivity index (χ4n) is 2.30. The molecule has 0 aromatic heterocycles. The summed E-state index contributed by atoms with van der Waals surface area (Å²) in [5.74, 6) is 0. The molecule has 0 spiro atoms. The van der Waals surface area contributed by atoms with Crippen LogP contribution in [0.25, 0.3) is 6.08 Å². The first-order valence-electron chi connectivity index (χ1n) is 7.93. The van der Waals surface area contributed by atoms with Gasteiger partial charge in [0.2, 0.25) is 0 Å². The molecule has 0 aliphatic heterocycles. The SMILES string of the molecule is CC[C@H](OS(C)(=O)=O)/C(=C\c1ccccc1)[S@@](=O)c1ccc(C)cc1. The molecule has 0 heterocycles. The maximum atomic E-state index is 13.1. The van der Waals surface area contributed by atoms with Crippen molar-refractivity contribution < 1.29 is 16.8 Å². The summed E-state index contributed by atoms with van der Waals surface area (Å²) < 4.78 is 41.5. The summed E-state index contributed by atoms with van der Waals surface area (Å²) in [7, 11) is -5.19. The third kappa shape index (κ3) is 5.92. The van der Waals surface area contributed by atoms with Crippen molar-refractivity contribution >= 4 is 27.0 Å². The predicted octanol–water partition coefficient (Wildman–Crippen LogP) is 3.90. The third-order valence-corrected chi connectivity index (χ3v) is 5.63. The minimum atomic E-state index is -3.67. The molecule has 0 aliphatic carbocycles. The van der Waals surface area contributed by atoms with Crippen LogP contribution in [0.3, 0.4) is 0 Å². The molecule has 0 radical (unpaired) electrons. The first-order chi connectivity index (χ1) is 11.8. The zero-order valence-electron chi connectivity index (χ0n) is 14.5. The zero-order valence-corrected chi connectivity index (χ0v) is 16.1. The van der Waals surface area contributed by atoms with Crippen molar-refractivity contribution in [1.82, 2.24) is 0 Å². The summed E-state index contributed by atoms with van der Waals surface area (Å²) in [6, 6.07) is 16.7. The molecule has 0 N–H and O–H groups in total. The van der Waals surface area contributed by atoms with E-state index in [-0.39, 0.29) is 0 Å². The maximum Gasteiger partial charge on any atom is 0.264 e. The second-order valence-electron chi connectivity index (χ2n) is 5.74. The molecule has 0 bridgehead atoms. The van der Waals surface area contributed by atoms with Crippen LogP contribution in [0.5, 0.6) is 0 Å². The smallest absolute Gasteiger partial charge is 0.261 e. The van der Waals surface area contributed by atoms with Crippen LogP contribution >= 0.6 is 0 Å². The maximum absolute atomic E-state index is 13.1. The molecule has 2 aromatic carbocycles.